The smallest absolute Gasteiger partial charge is 0.317 e. The summed E-state index contributed by atoms with van der Waals surface area (Å²) in [7, 11) is 0. The Labute approximate surface area is 131 Å². The van der Waals surface area contributed by atoms with Crippen LogP contribution in [0.4, 0.5) is 4.79 Å². The molecule has 1 unspecified atom stereocenters. The van der Waals surface area contributed by atoms with Crippen LogP contribution in [0, 0.1) is 5.41 Å². The quantitative estimate of drug-likeness (QED) is 0.878. The van der Waals surface area contributed by atoms with Gasteiger partial charge in [0, 0.05) is 26.2 Å². The zero-order valence-corrected chi connectivity index (χ0v) is 13.8. The highest BCUT2D eigenvalue weighted by Gasteiger charge is 2.33. The molecule has 1 aromatic rings. The van der Waals surface area contributed by atoms with E-state index in [4.69, 9.17) is 0 Å². The van der Waals surface area contributed by atoms with Crippen molar-refractivity contribution in [1.29, 1.82) is 0 Å². The molecule has 1 aliphatic heterocycles. The number of hydrogen-bond donors (Lipinski definition) is 2. The number of carbonyl (C=O) groups is 1. The molecule has 0 aliphatic carbocycles. The Hall–Kier alpha value is -1.07. The van der Waals surface area contributed by atoms with Crippen molar-refractivity contribution in [1.82, 2.24) is 10.2 Å². The number of amides is 2. The number of urea groups is 1. The monoisotopic (exact) mass is 310 g/mol. The van der Waals surface area contributed by atoms with Crippen LogP contribution in [-0.4, -0.2) is 42.3 Å². The molecule has 118 valence electrons. The topological polar surface area (TPSA) is 52.6 Å². The number of aliphatic hydroxyl groups is 1. The molecule has 4 nitrogen and oxygen atoms in total. The lowest BCUT2D eigenvalue weighted by Gasteiger charge is -2.40. The molecule has 2 heterocycles. The van der Waals surface area contributed by atoms with E-state index in [1.54, 1.807) is 11.3 Å². The van der Waals surface area contributed by atoms with Crippen LogP contribution in [0.25, 0.3) is 0 Å². The minimum atomic E-state index is 0.0275. The lowest BCUT2D eigenvalue weighted by atomic mass is 9.77. The average molecular weight is 310 g/mol. The van der Waals surface area contributed by atoms with E-state index >= 15 is 0 Å². The minimum Gasteiger partial charge on any atom is -0.396 e. The number of carbonyl (C=O) groups excluding carboxylic acids is 1. The van der Waals surface area contributed by atoms with E-state index in [2.05, 4.69) is 36.0 Å². The average Bonchev–Trinajstić information content (AvgIpc) is 3.07. The number of nitrogens with zero attached hydrogens (tertiary/aromatic N) is 1. The maximum Gasteiger partial charge on any atom is 0.317 e. The van der Waals surface area contributed by atoms with E-state index in [1.165, 1.54) is 5.56 Å². The van der Waals surface area contributed by atoms with Gasteiger partial charge in [-0.15, -0.1) is 0 Å². The Balaban J connectivity index is 1.77. The number of aliphatic hydroxyl groups excluding tert-OH is 1. The van der Waals surface area contributed by atoms with Crippen molar-refractivity contribution in [2.75, 3.05) is 26.2 Å². The van der Waals surface area contributed by atoms with Crippen molar-refractivity contribution in [3.05, 3.63) is 22.4 Å². The highest BCUT2D eigenvalue weighted by atomic mass is 32.1. The van der Waals surface area contributed by atoms with Crippen molar-refractivity contribution in [2.24, 2.45) is 5.41 Å². The fraction of sp³-hybridized carbons (Fsp3) is 0.688. The lowest BCUT2D eigenvalue weighted by Crippen LogP contribution is -2.48. The van der Waals surface area contributed by atoms with Crippen LogP contribution >= 0.6 is 11.3 Å². The summed E-state index contributed by atoms with van der Waals surface area (Å²) in [6.45, 7) is 6.64. The Morgan fingerprint density at radius 2 is 2.24 bits per heavy atom. The number of rotatable bonds is 5. The summed E-state index contributed by atoms with van der Waals surface area (Å²) in [5, 5.41) is 16.8. The molecule has 2 rings (SSSR count). The molecule has 0 spiro atoms. The van der Waals surface area contributed by atoms with Crippen molar-refractivity contribution in [2.45, 2.75) is 39.0 Å². The second-order valence-corrected chi connectivity index (χ2v) is 6.92. The van der Waals surface area contributed by atoms with E-state index in [9.17, 15) is 9.90 Å². The van der Waals surface area contributed by atoms with Crippen molar-refractivity contribution in [3.8, 4) is 0 Å². The maximum atomic E-state index is 12.2. The standard InChI is InChI=1S/C16H26N2O2S/c1-3-16(12-19)5-7-18(8-6-16)15(20)17-10-13(2)14-4-9-21-11-14/h4,9,11,13,19H,3,5-8,10,12H2,1-2H3,(H,17,20). The molecule has 2 amide bonds. The number of thiophene rings is 1. The summed E-state index contributed by atoms with van der Waals surface area (Å²) in [6, 6.07) is 2.14. The first-order chi connectivity index (χ1) is 10.1. The van der Waals surface area contributed by atoms with Gasteiger partial charge in [-0.25, -0.2) is 4.79 Å². The van der Waals surface area contributed by atoms with Gasteiger partial charge in [0.15, 0.2) is 0 Å². The highest BCUT2D eigenvalue weighted by Crippen LogP contribution is 2.34. The number of hydrogen-bond acceptors (Lipinski definition) is 3. The Kier molecular flexibility index (Phi) is 5.65. The van der Waals surface area contributed by atoms with Gasteiger partial charge in [0.05, 0.1) is 0 Å². The normalized spacial score (nSPS) is 19.3. The molecule has 0 aromatic carbocycles. The summed E-state index contributed by atoms with van der Waals surface area (Å²) in [5.74, 6) is 0.345. The van der Waals surface area contributed by atoms with Crippen LogP contribution in [0.3, 0.4) is 0 Å². The summed E-state index contributed by atoms with van der Waals surface area (Å²) in [6.07, 6.45) is 2.77. The Bertz CT molecular complexity index is 433. The zero-order chi connectivity index (χ0) is 15.3. The number of nitrogens with one attached hydrogen (secondary N) is 1. The van der Waals surface area contributed by atoms with Gasteiger partial charge in [-0.05, 0) is 53.0 Å². The van der Waals surface area contributed by atoms with Crippen molar-refractivity contribution in [3.63, 3.8) is 0 Å². The number of piperidine rings is 1. The van der Waals surface area contributed by atoms with E-state index in [0.717, 1.165) is 32.4 Å². The van der Waals surface area contributed by atoms with Gasteiger partial charge < -0.3 is 15.3 Å². The largest absolute Gasteiger partial charge is 0.396 e. The molecule has 2 N–H and O–H groups in total. The van der Waals surface area contributed by atoms with Gasteiger partial charge in [-0.1, -0.05) is 13.8 Å². The maximum absolute atomic E-state index is 12.2. The lowest BCUT2D eigenvalue weighted by molar-refractivity contribution is 0.0519. The second-order valence-electron chi connectivity index (χ2n) is 6.14. The van der Waals surface area contributed by atoms with Crippen LogP contribution in [0.1, 0.15) is 44.6 Å². The minimum absolute atomic E-state index is 0.0275. The predicted octanol–water partition coefficient (Wildman–Crippen LogP) is 3.05. The SMILES string of the molecule is CCC1(CO)CCN(C(=O)NCC(C)c2ccsc2)CC1. The van der Waals surface area contributed by atoms with E-state index < -0.39 is 0 Å². The second kappa shape index (κ2) is 7.27. The first-order valence-corrected chi connectivity index (χ1v) is 8.70. The van der Waals surface area contributed by atoms with Gasteiger partial charge in [0.1, 0.15) is 0 Å². The third-order valence-electron chi connectivity index (χ3n) is 4.87. The molecule has 1 aliphatic rings. The molecule has 0 saturated carbocycles. The predicted molar refractivity (Wildman–Crippen MR) is 86.7 cm³/mol. The van der Waals surface area contributed by atoms with Crippen molar-refractivity contribution >= 4 is 17.4 Å². The molecule has 21 heavy (non-hydrogen) atoms. The van der Waals surface area contributed by atoms with Gasteiger partial charge in [-0.3, -0.25) is 0 Å². The fourth-order valence-corrected chi connectivity index (χ4v) is 3.62. The molecule has 0 radical (unpaired) electrons. The summed E-state index contributed by atoms with van der Waals surface area (Å²) in [5.41, 5.74) is 1.31. The van der Waals surface area contributed by atoms with Crippen LogP contribution in [-0.2, 0) is 0 Å². The van der Waals surface area contributed by atoms with Gasteiger partial charge >= 0.3 is 6.03 Å². The highest BCUT2D eigenvalue weighted by molar-refractivity contribution is 7.07. The summed E-state index contributed by atoms with van der Waals surface area (Å²) in [4.78, 5) is 14.1. The molecule has 1 saturated heterocycles. The third-order valence-corrected chi connectivity index (χ3v) is 5.57. The zero-order valence-electron chi connectivity index (χ0n) is 13.0. The van der Waals surface area contributed by atoms with Crippen LogP contribution < -0.4 is 5.32 Å². The molecule has 0 bridgehead atoms. The van der Waals surface area contributed by atoms with E-state index in [-0.39, 0.29) is 18.1 Å². The first kappa shape index (κ1) is 16.3. The third kappa shape index (κ3) is 3.98. The van der Waals surface area contributed by atoms with E-state index in [1.807, 2.05) is 4.90 Å². The molecule has 1 atom stereocenters. The van der Waals surface area contributed by atoms with Gasteiger partial charge in [0.25, 0.3) is 0 Å². The summed E-state index contributed by atoms with van der Waals surface area (Å²) >= 11 is 1.69. The molecule has 1 aromatic heterocycles. The molecular weight excluding hydrogens is 284 g/mol. The van der Waals surface area contributed by atoms with Gasteiger partial charge in [-0.2, -0.15) is 11.3 Å². The molecule has 1 fully saturated rings. The van der Waals surface area contributed by atoms with E-state index in [0.29, 0.717) is 12.5 Å². The van der Waals surface area contributed by atoms with Crippen LogP contribution in [0.2, 0.25) is 0 Å². The number of likely N-dealkylation sites (tertiary alicyclic amines) is 1. The van der Waals surface area contributed by atoms with Crippen LogP contribution in [0.15, 0.2) is 16.8 Å². The summed E-state index contributed by atoms with van der Waals surface area (Å²) < 4.78 is 0. The fourth-order valence-electron chi connectivity index (χ4n) is 2.83. The van der Waals surface area contributed by atoms with Crippen molar-refractivity contribution < 1.29 is 9.90 Å². The van der Waals surface area contributed by atoms with Gasteiger partial charge in [0.2, 0.25) is 0 Å². The molecule has 5 heteroatoms. The Morgan fingerprint density at radius 1 is 1.52 bits per heavy atom. The first-order valence-electron chi connectivity index (χ1n) is 7.76. The van der Waals surface area contributed by atoms with Crippen LogP contribution in [0.5, 0.6) is 0 Å². The Morgan fingerprint density at radius 3 is 2.76 bits per heavy atom. The molecular formula is C16H26N2O2S.